The van der Waals surface area contributed by atoms with Gasteiger partial charge in [-0.3, -0.25) is 0 Å². The van der Waals surface area contributed by atoms with Gasteiger partial charge >= 0.3 is 0 Å². The van der Waals surface area contributed by atoms with Gasteiger partial charge in [-0.25, -0.2) is 9.97 Å². The van der Waals surface area contributed by atoms with Crippen LogP contribution in [0.1, 0.15) is 43.6 Å². The number of anilines is 1. The molecule has 8 nitrogen and oxygen atoms in total. The van der Waals surface area contributed by atoms with Crippen LogP contribution in [0.2, 0.25) is 0 Å². The lowest BCUT2D eigenvalue weighted by Crippen LogP contribution is -2.44. The fraction of sp³-hybridized carbons (Fsp3) is 0.542. The number of H-pyrrole nitrogens is 1. The van der Waals surface area contributed by atoms with Gasteiger partial charge in [0.15, 0.2) is 5.82 Å². The maximum Gasteiger partial charge on any atom is 0.215 e. The predicted octanol–water partition coefficient (Wildman–Crippen LogP) is 3.93. The van der Waals surface area contributed by atoms with E-state index < -0.39 is 0 Å². The van der Waals surface area contributed by atoms with E-state index in [1.54, 1.807) is 7.11 Å². The van der Waals surface area contributed by atoms with Crippen molar-refractivity contribution < 1.29 is 9.47 Å². The van der Waals surface area contributed by atoms with Crippen molar-refractivity contribution in [3.63, 3.8) is 0 Å². The normalized spacial score (nSPS) is 22.8. The van der Waals surface area contributed by atoms with Gasteiger partial charge in [-0.1, -0.05) is 0 Å². The largest absolute Gasteiger partial charge is 0.481 e. The van der Waals surface area contributed by atoms with Gasteiger partial charge in [0.05, 0.1) is 32.1 Å². The summed E-state index contributed by atoms with van der Waals surface area (Å²) >= 11 is 1.99. The molecule has 3 aromatic heterocycles. The predicted molar refractivity (Wildman–Crippen MR) is 133 cm³/mol. The molecule has 33 heavy (non-hydrogen) atoms. The Morgan fingerprint density at radius 3 is 2.76 bits per heavy atom. The fourth-order valence-corrected chi connectivity index (χ4v) is 5.41. The van der Waals surface area contributed by atoms with E-state index in [2.05, 4.69) is 27.9 Å². The molecule has 3 aliphatic rings. The van der Waals surface area contributed by atoms with Crippen molar-refractivity contribution >= 4 is 28.6 Å². The zero-order chi connectivity index (χ0) is 22.8. The lowest BCUT2D eigenvalue weighted by atomic mass is 10.1. The summed E-state index contributed by atoms with van der Waals surface area (Å²) < 4.78 is 11.1. The number of methoxy groups -OCH3 is 1. The second-order valence-corrected chi connectivity index (χ2v) is 10.2. The quantitative estimate of drug-likeness (QED) is 0.594. The van der Waals surface area contributed by atoms with Crippen LogP contribution in [0.15, 0.2) is 24.4 Å². The molecule has 0 aromatic carbocycles. The Kier molecular flexibility index (Phi) is 6.71. The number of nitrogens with one attached hydrogen (secondary N) is 1. The molecule has 0 radical (unpaired) electrons. The van der Waals surface area contributed by atoms with Crippen LogP contribution < -0.4 is 15.4 Å². The number of morpholine rings is 1. The summed E-state index contributed by atoms with van der Waals surface area (Å²) in [5.41, 5.74) is 8.07. The van der Waals surface area contributed by atoms with Crippen LogP contribution in [0.3, 0.4) is 0 Å². The van der Waals surface area contributed by atoms with Crippen molar-refractivity contribution in [2.24, 2.45) is 5.73 Å². The Morgan fingerprint density at radius 1 is 1.21 bits per heavy atom. The highest BCUT2D eigenvalue weighted by molar-refractivity contribution is 7.99. The molecule has 2 saturated heterocycles. The number of aromatic amines is 1. The molecule has 0 spiro atoms. The molecule has 2 aliphatic heterocycles. The van der Waals surface area contributed by atoms with Crippen LogP contribution in [-0.4, -0.2) is 64.6 Å². The molecule has 3 N–H and O–H groups in total. The number of hydrogen-bond donors (Lipinski definition) is 2. The summed E-state index contributed by atoms with van der Waals surface area (Å²) in [6.07, 6.45) is 6.82. The first kappa shape index (κ1) is 22.4. The average molecular weight is 469 g/mol. The SMILES string of the molecule is COc1cc(-c2nc(C3CCCS3)cc(N3CCOCC3C)n2)c2cc[nH]c2n1.NC1CC1. The number of hydrogen-bond acceptors (Lipinski definition) is 8. The monoisotopic (exact) mass is 468 g/mol. The zero-order valence-electron chi connectivity index (χ0n) is 19.3. The van der Waals surface area contributed by atoms with E-state index in [1.165, 1.54) is 31.4 Å². The minimum atomic E-state index is 0.287. The van der Waals surface area contributed by atoms with Crippen molar-refractivity contribution in [1.82, 2.24) is 19.9 Å². The number of pyridine rings is 1. The number of nitrogens with zero attached hydrogens (tertiary/aromatic N) is 4. The molecule has 2 atom stereocenters. The second kappa shape index (κ2) is 9.87. The van der Waals surface area contributed by atoms with Gasteiger partial charge in [0, 0.05) is 47.1 Å². The fourth-order valence-electron chi connectivity index (χ4n) is 4.16. The molecule has 3 fully saturated rings. The minimum Gasteiger partial charge on any atom is -0.481 e. The lowest BCUT2D eigenvalue weighted by Gasteiger charge is -2.34. The first-order valence-corrected chi connectivity index (χ1v) is 12.8. The number of nitrogens with two attached hydrogens (primary N) is 1. The number of fused-ring (bicyclic) bond motifs is 1. The molecule has 2 unspecified atom stereocenters. The van der Waals surface area contributed by atoms with Gasteiger partial charge < -0.3 is 25.1 Å². The number of ether oxygens (including phenoxy) is 2. The molecular weight excluding hydrogens is 436 g/mol. The molecule has 3 aromatic rings. The van der Waals surface area contributed by atoms with Gasteiger partial charge in [0.1, 0.15) is 11.5 Å². The van der Waals surface area contributed by atoms with E-state index in [0.717, 1.165) is 53.7 Å². The van der Waals surface area contributed by atoms with Crippen LogP contribution in [0.25, 0.3) is 22.4 Å². The maximum atomic E-state index is 5.64. The third-order valence-electron chi connectivity index (χ3n) is 6.23. The van der Waals surface area contributed by atoms with Crippen molar-refractivity contribution in [3.8, 4) is 17.3 Å². The van der Waals surface area contributed by atoms with Crippen LogP contribution in [-0.2, 0) is 4.74 Å². The summed E-state index contributed by atoms with van der Waals surface area (Å²) in [6, 6.07) is 7.01. The Hall–Kier alpha value is -2.36. The highest BCUT2D eigenvalue weighted by atomic mass is 32.2. The highest BCUT2D eigenvalue weighted by Gasteiger charge is 2.26. The number of thioether (sulfide) groups is 1. The molecular formula is C24H32N6O2S. The topological polar surface area (TPSA) is 102 Å². The first-order valence-electron chi connectivity index (χ1n) is 11.8. The van der Waals surface area contributed by atoms with Crippen LogP contribution in [0.4, 0.5) is 5.82 Å². The third kappa shape index (κ3) is 5.10. The van der Waals surface area contributed by atoms with Crippen molar-refractivity contribution in [2.75, 3.05) is 37.5 Å². The van der Waals surface area contributed by atoms with E-state index in [0.29, 0.717) is 17.2 Å². The van der Waals surface area contributed by atoms with Crippen molar-refractivity contribution in [2.45, 2.75) is 49.9 Å². The van der Waals surface area contributed by atoms with Crippen LogP contribution >= 0.6 is 11.8 Å². The molecule has 5 heterocycles. The lowest BCUT2D eigenvalue weighted by molar-refractivity contribution is 0.0985. The van der Waals surface area contributed by atoms with Crippen LogP contribution in [0.5, 0.6) is 5.88 Å². The van der Waals surface area contributed by atoms with E-state index in [4.69, 9.17) is 25.2 Å². The Balaban J connectivity index is 0.000000517. The Labute approximate surface area is 198 Å². The van der Waals surface area contributed by atoms with Gasteiger partial charge in [-0.15, -0.1) is 0 Å². The summed E-state index contributed by atoms with van der Waals surface area (Å²) in [6.45, 7) is 4.47. The average Bonchev–Trinajstić information content (AvgIpc) is 3.28. The summed E-state index contributed by atoms with van der Waals surface area (Å²) in [7, 11) is 1.63. The van der Waals surface area contributed by atoms with E-state index in [9.17, 15) is 0 Å². The Morgan fingerprint density at radius 2 is 2.06 bits per heavy atom. The minimum absolute atomic E-state index is 0.287. The van der Waals surface area contributed by atoms with Gasteiger partial charge in [-0.05, 0) is 44.4 Å². The van der Waals surface area contributed by atoms with Crippen molar-refractivity contribution in [3.05, 3.63) is 30.1 Å². The smallest absolute Gasteiger partial charge is 0.215 e. The Bertz CT molecular complexity index is 1100. The van der Waals surface area contributed by atoms with Gasteiger partial charge in [-0.2, -0.15) is 16.7 Å². The molecule has 176 valence electrons. The zero-order valence-corrected chi connectivity index (χ0v) is 20.1. The third-order valence-corrected chi connectivity index (χ3v) is 7.64. The van der Waals surface area contributed by atoms with Crippen molar-refractivity contribution in [1.29, 1.82) is 0 Å². The number of aromatic nitrogens is 4. The maximum absolute atomic E-state index is 5.64. The molecule has 1 aliphatic carbocycles. The standard InChI is InChI=1S/C21H25N5O2S.C3H7N/c1-13-12-28-8-7-26(13)18-11-16(17-4-3-9-29-17)23-21(24-18)15-10-19(27-2)25-20-14(15)5-6-22-20;4-3-1-2-3/h5-6,10-11,13,17H,3-4,7-9,12H2,1-2H3,(H,22,25);3H,1-2,4H2. The molecule has 1 saturated carbocycles. The van der Waals surface area contributed by atoms with E-state index in [-0.39, 0.29) is 6.04 Å². The highest BCUT2D eigenvalue weighted by Crippen LogP contribution is 2.41. The number of rotatable bonds is 4. The summed E-state index contributed by atoms with van der Waals surface area (Å²) in [4.78, 5) is 20.0. The second-order valence-electron chi connectivity index (χ2n) is 8.88. The molecule has 0 amide bonds. The molecule has 6 rings (SSSR count). The van der Waals surface area contributed by atoms with Crippen LogP contribution in [0, 0.1) is 0 Å². The van der Waals surface area contributed by atoms with Gasteiger partial charge in [0.2, 0.25) is 5.88 Å². The van der Waals surface area contributed by atoms with E-state index >= 15 is 0 Å². The summed E-state index contributed by atoms with van der Waals surface area (Å²) in [5.74, 6) is 3.46. The van der Waals surface area contributed by atoms with E-state index in [1.807, 2.05) is 30.1 Å². The van der Waals surface area contributed by atoms with Gasteiger partial charge in [0.25, 0.3) is 0 Å². The molecule has 0 bridgehead atoms. The first-order chi connectivity index (χ1) is 16.1. The molecule has 9 heteroatoms. The summed E-state index contributed by atoms with van der Waals surface area (Å²) in [5, 5.41) is 1.43.